The van der Waals surface area contributed by atoms with Gasteiger partial charge in [0, 0.05) is 16.9 Å². The first-order valence-corrected chi connectivity index (χ1v) is 6.95. The quantitative estimate of drug-likeness (QED) is 0.932. The Kier molecular flexibility index (Phi) is 4.43. The number of furan rings is 1. The molecule has 1 aromatic heterocycles. The van der Waals surface area contributed by atoms with Gasteiger partial charge in [-0.25, -0.2) is 0 Å². The zero-order valence-corrected chi connectivity index (χ0v) is 12.5. The van der Waals surface area contributed by atoms with Crippen LogP contribution >= 0.6 is 15.9 Å². The Hall–Kier alpha value is -1.55. The predicted molar refractivity (Wildman–Crippen MR) is 78.2 cm³/mol. The van der Waals surface area contributed by atoms with E-state index in [2.05, 4.69) is 21.2 Å². The molecule has 0 saturated carbocycles. The van der Waals surface area contributed by atoms with Gasteiger partial charge < -0.3 is 9.73 Å². The molecule has 100 valence electrons. The monoisotopic (exact) mass is 321 g/mol. The second kappa shape index (κ2) is 6.06. The lowest BCUT2D eigenvalue weighted by molar-refractivity contribution is 0.0938. The van der Waals surface area contributed by atoms with Crippen LogP contribution in [0.4, 0.5) is 0 Å². The molecule has 1 aromatic carbocycles. The normalized spacial score (nSPS) is 12.2. The molecule has 1 amide bonds. The molecule has 0 aliphatic heterocycles. The van der Waals surface area contributed by atoms with Crippen molar-refractivity contribution in [3.05, 3.63) is 58.0 Å². The van der Waals surface area contributed by atoms with E-state index < -0.39 is 0 Å². The zero-order chi connectivity index (χ0) is 13.8. The van der Waals surface area contributed by atoms with Crippen LogP contribution in [-0.4, -0.2) is 11.9 Å². The molecule has 1 unspecified atom stereocenters. The molecule has 1 atom stereocenters. The Morgan fingerprint density at radius 2 is 2.21 bits per heavy atom. The van der Waals surface area contributed by atoms with Crippen LogP contribution in [0.3, 0.4) is 0 Å². The molecular weight excluding hydrogens is 306 g/mol. The fourth-order valence-corrected chi connectivity index (χ4v) is 2.32. The van der Waals surface area contributed by atoms with Gasteiger partial charge in [0.05, 0.1) is 11.8 Å². The maximum atomic E-state index is 12.2. The number of rotatable bonds is 4. The summed E-state index contributed by atoms with van der Waals surface area (Å²) in [6, 6.07) is 9.51. The van der Waals surface area contributed by atoms with Gasteiger partial charge in [-0.15, -0.1) is 0 Å². The Morgan fingerprint density at radius 1 is 1.42 bits per heavy atom. The topological polar surface area (TPSA) is 42.2 Å². The van der Waals surface area contributed by atoms with E-state index in [1.54, 1.807) is 6.26 Å². The van der Waals surface area contributed by atoms with Gasteiger partial charge in [0.2, 0.25) is 0 Å². The molecule has 4 heteroatoms. The molecule has 1 N–H and O–H groups in total. The molecule has 0 saturated heterocycles. The van der Waals surface area contributed by atoms with Gasteiger partial charge in [-0.1, -0.05) is 11.6 Å². The third-order valence-electron chi connectivity index (χ3n) is 2.83. The molecular formula is C15H16BrNO2. The number of benzene rings is 1. The third-order valence-corrected chi connectivity index (χ3v) is 3.52. The molecule has 0 radical (unpaired) electrons. The van der Waals surface area contributed by atoms with Crippen molar-refractivity contribution < 1.29 is 9.21 Å². The number of amides is 1. The fraction of sp³-hybridized carbons (Fsp3) is 0.267. The summed E-state index contributed by atoms with van der Waals surface area (Å²) in [6.45, 7) is 3.93. The van der Waals surface area contributed by atoms with Gasteiger partial charge in [-0.3, -0.25) is 4.79 Å². The van der Waals surface area contributed by atoms with Crippen LogP contribution in [0.25, 0.3) is 0 Å². The first kappa shape index (κ1) is 13.9. The fourth-order valence-electron chi connectivity index (χ4n) is 1.90. The molecule has 19 heavy (non-hydrogen) atoms. The van der Waals surface area contributed by atoms with Gasteiger partial charge in [-0.05, 0) is 54.0 Å². The molecule has 3 nitrogen and oxygen atoms in total. The van der Waals surface area contributed by atoms with Crippen LogP contribution in [0, 0.1) is 6.92 Å². The summed E-state index contributed by atoms with van der Waals surface area (Å²) >= 11 is 3.40. The number of carbonyl (C=O) groups is 1. The largest absolute Gasteiger partial charge is 0.469 e. The predicted octanol–water partition coefficient (Wildman–Crippen LogP) is 3.71. The van der Waals surface area contributed by atoms with Crippen LogP contribution in [0.15, 0.2) is 45.5 Å². The Morgan fingerprint density at radius 3 is 2.89 bits per heavy atom. The van der Waals surface area contributed by atoms with E-state index in [9.17, 15) is 4.79 Å². The highest BCUT2D eigenvalue weighted by molar-refractivity contribution is 9.10. The smallest absolute Gasteiger partial charge is 0.252 e. The van der Waals surface area contributed by atoms with Crippen LogP contribution in [-0.2, 0) is 6.42 Å². The Bertz CT molecular complexity index is 564. The van der Waals surface area contributed by atoms with E-state index in [0.29, 0.717) is 12.0 Å². The standard InChI is InChI=1S/C15H16BrNO2/c1-10-5-6-14(16)13(8-10)15(18)17-11(2)9-12-4-3-7-19-12/h3-8,11H,9H2,1-2H3,(H,17,18). The van der Waals surface area contributed by atoms with Crippen molar-refractivity contribution in [3.63, 3.8) is 0 Å². The molecule has 0 aliphatic rings. The minimum absolute atomic E-state index is 0.0195. The van der Waals surface area contributed by atoms with Crippen molar-refractivity contribution in [3.8, 4) is 0 Å². The van der Waals surface area contributed by atoms with Crippen LogP contribution in [0.1, 0.15) is 28.6 Å². The summed E-state index contributed by atoms with van der Waals surface area (Å²) in [6.07, 6.45) is 2.32. The summed E-state index contributed by atoms with van der Waals surface area (Å²) in [5, 5.41) is 2.97. The number of hydrogen-bond donors (Lipinski definition) is 1. The minimum atomic E-state index is -0.0744. The summed E-state index contributed by atoms with van der Waals surface area (Å²) in [4.78, 5) is 12.2. The molecule has 1 heterocycles. The summed E-state index contributed by atoms with van der Waals surface area (Å²) in [5.74, 6) is 0.797. The maximum Gasteiger partial charge on any atom is 0.252 e. The second-order valence-corrected chi connectivity index (χ2v) is 5.50. The number of hydrogen-bond acceptors (Lipinski definition) is 2. The lowest BCUT2D eigenvalue weighted by atomic mass is 10.1. The lowest BCUT2D eigenvalue weighted by Gasteiger charge is -2.13. The first-order chi connectivity index (χ1) is 9.06. The van der Waals surface area contributed by atoms with E-state index in [0.717, 1.165) is 15.8 Å². The van der Waals surface area contributed by atoms with E-state index in [4.69, 9.17) is 4.42 Å². The third kappa shape index (κ3) is 3.70. The molecule has 0 fully saturated rings. The van der Waals surface area contributed by atoms with Gasteiger partial charge >= 0.3 is 0 Å². The summed E-state index contributed by atoms with van der Waals surface area (Å²) in [5.41, 5.74) is 1.72. The van der Waals surface area contributed by atoms with E-state index in [1.807, 2.05) is 44.2 Å². The van der Waals surface area contributed by atoms with E-state index in [-0.39, 0.29) is 11.9 Å². The molecule has 2 aromatic rings. The van der Waals surface area contributed by atoms with Crippen molar-refractivity contribution in [1.82, 2.24) is 5.32 Å². The van der Waals surface area contributed by atoms with E-state index in [1.165, 1.54) is 0 Å². The van der Waals surface area contributed by atoms with Crippen LogP contribution in [0.5, 0.6) is 0 Å². The first-order valence-electron chi connectivity index (χ1n) is 6.15. The number of carbonyl (C=O) groups excluding carboxylic acids is 1. The Labute approximate surface area is 121 Å². The van der Waals surface area contributed by atoms with Crippen LogP contribution < -0.4 is 5.32 Å². The number of nitrogens with one attached hydrogen (secondary N) is 1. The zero-order valence-electron chi connectivity index (χ0n) is 10.9. The van der Waals surface area contributed by atoms with Gasteiger partial charge in [0.15, 0.2) is 0 Å². The second-order valence-electron chi connectivity index (χ2n) is 4.64. The highest BCUT2D eigenvalue weighted by Gasteiger charge is 2.14. The van der Waals surface area contributed by atoms with Gasteiger partial charge in [0.1, 0.15) is 5.76 Å². The average Bonchev–Trinajstić information content (AvgIpc) is 2.84. The number of halogens is 1. The minimum Gasteiger partial charge on any atom is -0.469 e. The van der Waals surface area contributed by atoms with Gasteiger partial charge in [-0.2, -0.15) is 0 Å². The highest BCUT2D eigenvalue weighted by atomic mass is 79.9. The van der Waals surface area contributed by atoms with Crippen LogP contribution in [0.2, 0.25) is 0 Å². The highest BCUT2D eigenvalue weighted by Crippen LogP contribution is 2.18. The van der Waals surface area contributed by atoms with Crippen molar-refractivity contribution in [1.29, 1.82) is 0 Å². The number of aryl methyl sites for hydroxylation is 1. The van der Waals surface area contributed by atoms with Crippen molar-refractivity contribution in [2.75, 3.05) is 0 Å². The van der Waals surface area contributed by atoms with Gasteiger partial charge in [0.25, 0.3) is 5.91 Å². The average molecular weight is 322 g/mol. The molecule has 0 spiro atoms. The van der Waals surface area contributed by atoms with Crippen molar-refractivity contribution in [2.24, 2.45) is 0 Å². The van der Waals surface area contributed by atoms with E-state index >= 15 is 0 Å². The molecule has 0 aliphatic carbocycles. The lowest BCUT2D eigenvalue weighted by Crippen LogP contribution is -2.34. The van der Waals surface area contributed by atoms with Crippen molar-refractivity contribution >= 4 is 21.8 Å². The maximum absolute atomic E-state index is 12.2. The SMILES string of the molecule is Cc1ccc(Br)c(C(=O)NC(C)Cc2ccco2)c1. The van der Waals surface area contributed by atoms with Crippen molar-refractivity contribution in [2.45, 2.75) is 26.3 Å². The summed E-state index contributed by atoms with van der Waals surface area (Å²) < 4.78 is 6.08. The Balaban J connectivity index is 2.02. The molecule has 0 bridgehead atoms. The summed E-state index contributed by atoms with van der Waals surface area (Å²) in [7, 11) is 0. The molecule has 2 rings (SSSR count).